The summed E-state index contributed by atoms with van der Waals surface area (Å²) in [5.74, 6) is -0.795. The molecule has 0 bridgehead atoms. The number of carbonyl (C=O) groups is 2. The number of unbranched alkanes of at least 4 members (excludes halogenated alkanes) is 1. The van der Waals surface area contributed by atoms with E-state index in [1.54, 1.807) is 12.1 Å². The lowest BCUT2D eigenvalue weighted by Crippen LogP contribution is -2.25. The fourth-order valence-electron chi connectivity index (χ4n) is 1.65. The van der Waals surface area contributed by atoms with Crippen molar-refractivity contribution >= 4 is 11.6 Å². The molecule has 0 aliphatic heterocycles. The Kier molecular flexibility index (Phi) is 6.19. The molecule has 1 rings (SSSR count). The standard InChI is InChI=1S/C15H19FO3/c1-3-5-6-13(17)14(16)15(18)11-7-9-12(10-8-11)19-4-2/h7-10,14H,3-6H2,1-2H3. The maximum atomic E-state index is 13.7. The second-order valence-electron chi connectivity index (χ2n) is 4.25. The lowest BCUT2D eigenvalue weighted by molar-refractivity contribution is -0.122. The number of rotatable bonds is 8. The largest absolute Gasteiger partial charge is 0.494 e. The van der Waals surface area contributed by atoms with Crippen molar-refractivity contribution in [2.24, 2.45) is 0 Å². The van der Waals surface area contributed by atoms with Crippen molar-refractivity contribution in [3.05, 3.63) is 29.8 Å². The molecule has 0 N–H and O–H groups in total. The molecule has 1 atom stereocenters. The molecule has 0 amide bonds. The number of carbonyl (C=O) groups excluding carboxylic acids is 2. The highest BCUT2D eigenvalue weighted by molar-refractivity contribution is 6.13. The molecule has 0 saturated carbocycles. The molecule has 1 unspecified atom stereocenters. The van der Waals surface area contributed by atoms with Crippen molar-refractivity contribution in [1.82, 2.24) is 0 Å². The van der Waals surface area contributed by atoms with E-state index in [2.05, 4.69) is 0 Å². The van der Waals surface area contributed by atoms with Crippen LogP contribution in [0.4, 0.5) is 4.39 Å². The maximum absolute atomic E-state index is 13.7. The van der Waals surface area contributed by atoms with Gasteiger partial charge in [0.25, 0.3) is 0 Å². The summed E-state index contributed by atoms with van der Waals surface area (Å²) in [5.41, 5.74) is 0.195. The van der Waals surface area contributed by atoms with Gasteiger partial charge in [0.05, 0.1) is 6.61 Å². The monoisotopic (exact) mass is 266 g/mol. The predicted molar refractivity (Wildman–Crippen MR) is 71.4 cm³/mol. The van der Waals surface area contributed by atoms with Gasteiger partial charge in [0.1, 0.15) is 5.75 Å². The van der Waals surface area contributed by atoms with E-state index in [-0.39, 0.29) is 12.0 Å². The number of Topliss-reactive ketones (excluding diaryl/α,β-unsaturated/α-hetero) is 2. The molecule has 0 radical (unpaired) electrons. The first kappa shape index (κ1) is 15.3. The summed E-state index contributed by atoms with van der Waals surface area (Å²) in [6.07, 6.45) is -0.532. The van der Waals surface area contributed by atoms with Gasteiger partial charge in [0.2, 0.25) is 12.0 Å². The van der Waals surface area contributed by atoms with Crippen molar-refractivity contribution < 1.29 is 18.7 Å². The second kappa shape index (κ2) is 7.67. The number of benzene rings is 1. The van der Waals surface area contributed by atoms with Crippen LogP contribution in [-0.2, 0) is 4.79 Å². The van der Waals surface area contributed by atoms with Gasteiger partial charge in [0.15, 0.2) is 5.78 Å². The zero-order valence-electron chi connectivity index (χ0n) is 11.3. The highest BCUT2D eigenvalue weighted by Gasteiger charge is 2.26. The van der Waals surface area contributed by atoms with Gasteiger partial charge in [-0.3, -0.25) is 9.59 Å². The first-order valence-electron chi connectivity index (χ1n) is 6.54. The molecule has 0 heterocycles. The zero-order valence-corrected chi connectivity index (χ0v) is 11.3. The van der Waals surface area contributed by atoms with Crippen LogP contribution in [0.1, 0.15) is 43.5 Å². The van der Waals surface area contributed by atoms with Gasteiger partial charge in [-0.15, -0.1) is 0 Å². The number of alkyl halides is 1. The minimum Gasteiger partial charge on any atom is -0.494 e. The van der Waals surface area contributed by atoms with E-state index in [4.69, 9.17) is 4.74 Å². The van der Waals surface area contributed by atoms with Gasteiger partial charge < -0.3 is 4.74 Å². The quantitative estimate of drug-likeness (QED) is 0.535. The van der Waals surface area contributed by atoms with Crippen LogP contribution in [0, 0.1) is 0 Å². The Morgan fingerprint density at radius 2 is 1.84 bits per heavy atom. The maximum Gasteiger partial charge on any atom is 0.220 e. The first-order chi connectivity index (χ1) is 9.10. The Labute approximate surface area is 112 Å². The van der Waals surface area contributed by atoms with Crippen LogP contribution >= 0.6 is 0 Å². The van der Waals surface area contributed by atoms with Crippen molar-refractivity contribution in [3.8, 4) is 5.75 Å². The molecular weight excluding hydrogens is 247 g/mol. The van der Waals surface area contributed by atoms with Crippen molar-refractivity contribution in [2.75, 3.05) is 6.61 Å². The molecule has 1 aromatic carbocycles. The van der Waals surface area contributed by atoms with E-state index in [1.807, 2.05) is 13.8 Å². The topological polar surface area (TPSA) is 43.4 Å². The lowest BCUT2D eigenvalue weighted by atomic mass is 10.0. The van der Waals surface area contributed by atoms with Crippen LogP contribution in [0.15, 0.2) is 24.3 Å². The summed E-state index contributed by atoms with van der Waals surface area (Å²) in [5, 5.41) is 0. The fourth-order valence-corrected chi connectivity index (χ4v) is 1.65. The van der Waals surface area contributed by atoms with Crippen molar-refractivity contribution in [1.29, 1.82) is 0 Å². The van der Waals surface area contributed by atoms with Crippen molar-refractivity contribution in [2.45, 2.75) is 39.3 Å². The molecule has 0 aliphatic rings. The summed E-state index contributed by atoms with van der Waals surface area (Å²) < 4.78 is 18.9. The highest BCUT2D eigenvalue weighted by Crippen LogP contribution is 2.15. The van der Waals surface area contributed by atoms with E-state index in [1.165, 1.54) is 12.1 Å². The minimum atomic E-state index is -2.05. The Bertz CT molecular complexity index is 426. The number of hydrogen-bond donors (Lipinski definition) is 0. The Hall–Kier alpha value is -1.71. The van der Waals surface area contributed by atoms with Gasteiger partial charge in [-0.25, -0.2) is 4.39 Å². The zero-order chi connectivity index (χ0) is 14.3. The number of hydrogen-bond acceptors (Lipinski definition) is 3. The Morgan fingerprint density at radius 1 is 1.21 bits per heavy atom. The van der Waals surface area contributed by atoms with E-state index >= 15 is 0 Å². The number of ether oxygens (including phenoxy) is 1. The third-order valence-electron chi connectivity index (χ3n) is 2.74. The van der Waals surface area contributed by atoms with E-state index < -0.39 is 17.7 Å². The van der Waals surface area contributed by atoms with E-state index in [9.17, 15) is 14.0 Å². The molecule has 104 valence electrons. The Morgan fingerprint density at radius 3 is 2.37 bits per heavy atom. The number of ketones is 2. The molecule has 0 saturated heterocycles. The van der Waals surface area contributed by atoms with Gasteiger partial charge in [0, 0.05) is 12.0 Å². The summed E-state index contributed by atoms with van der Waals surface area (Å²) in [6.45, 7) is 4.28. The van der Waals surface area contributed by atoms with Gasteiger partial charge >= 0.3 is 0 Å². The SMILES string of the molecule is CCCCC(=O)C(F)C(=O)c1ccc(OCC)cc1. The average molecular weight is 266 g/mol. The average Bonchev–Trinajstić information content (AvgIpc) is 2.44. The lowest BCUT2D eigenvalue weighted by Gasteiger charge is -2.07. The van der Waals surface area contributed by atoms with Gasteiger partial charge in [-0.2, -0.15) is 0 Å². The van der Waals surface area contributed by atoms with Crippen LogP contribution in [-0.4, -0.2) is 24.3 Å². The summed E-state index contributed by atoms with van der Waals surface area (Å²) in [4.78, 5) is 23.2. The summed E-state index contributed by atoms with van der Waals surface area (Å²) >= 11 is 0. The van der Waals surface area contributed by atoms with Crippen LogP contribution in [0.3, 0.4) is 0 Å². The molecular formula is C15H19FO3. The van der Waals surface area contributed by atoms with Gasteiger partial charge in [-0.1, -0.05) is 13.3 Å². The molecule has 0 spiro atoms. The minimum absolute atomic E-state index is 0.112. The third-order valence-corrected chi connectivity index (χ3v) is 2.74. The third kappa shape index (κ3) is 4.47. The van der Waals surface area contributed by atoms with Gasteiger partial charge in [-0.05, 0) is 37.6 Å². The van der Waals surface area contributed by atoms with Crippen LogP contribution in [0.2, 0.25) is 0 Å². The van der Waals surface area contributed by atoms with E-state index in [0.717, 1.165) is 6.42 Å². The molecule has 0 aliphatic carbocycles. The second-order valence-corrected chi connectivity index (χ2v) is 4.25. The molecule has 3 nitrogen and oxygen atoms in total. The van der Waals surface area contributed by atoms with Crippen molar-refractivity contribution in [3.63, 3.8) is 0 Å². The smallest absolute Gasteiger partial charge is 0.220 e. The highest BCUT2D eigenvalue weighted by atomic mass is 19.1. The molecule has 0 fully saturated rings. The fraction of sp³-hybridized carbons (Fsp3) is 0.467. The first-order valence-corrected chi connectivity index (χ1v) is 6.54. The normalized spacial score (nSPS) is 11.9. The van der Waals surface area contributed by atoms with Crippen LogP contribution in [0.5, 0.6) is 5.75 Å². The summed E-state index contributed by atoms with van der Waals surface area (Å²) in [6, 6.07) is 6.15. The molecule has 0 aromatic heterocycles. The van der Waals surface area contributed by atoms with E-state index in [0.29, 0.717) is 18.8 Å². The Balaban J connectivity index is 2.68. The molecule has 4 heteroatoms. The van der Waals surface area contributed by atoms with Crippen LogP contribution in [0.25, 0.3) is 0 Å². The molecule has 19 heavy (non-hydrogen) atoms. The van der Waals surface area contributed by atoms with Crippen LogP contribution < -0.4 is 4.74 Å². The number of halogens is 1. The molecule has 1 aromatic rings. The summed E-state index contributed by atoms with van der Waals surface area (Å²) in [7, 11) is 0. The predicted octanol–water partition coefficient (Wildman–Crippen LogP) is 3.37.